The smallest absolute Gasteiger partial charge is 0.0630 e. The van der Waals surface area contributed by atoms with Crippen molar-refractivity contribution < 1.29 is 0 Å². The van der Waals surface area contributed by atoms with Gasteiger partial charge in [0.2, 0.25) is 0 Å². The van der Waals surface area contributed by atoms with Crippen LogP contribution in [0.25, 0.3) is 0 Å². The van der Waals surface area contributed by atoms with Gasteiger partial charge in [0.15, 0.2) is 0 Å². The van der Waals surface area contributed by atoms with Crippen molar-refractivity contribution in [3.05, 3.63) is 17.0 Å². The van der Waals surface area contributed by atoms with Gasteiger partial charge in [-0.15, -0.1) is 23.1 Å². The average Bonchev–Trinajstić information content (AvgIpc) is 2.33. The summed E-state index contributed by atoms with van der Waals surface area (Å²) in [6.07, 6.45) is 2.14. The molecule has 0 atom stereocenters. The Morgan fingerprint density at radius 1 is 1.50 bits per heavy atom. The Labute approximate surface area is 70.7 Å². The molecule has 10 heavy (non-hydrogen) atoms. The molecule has 1 rings (SSSR count). The molecular formula is C8H12S2. The molecule has 56 valence electrons. The maximum atomic E-state index is 2.24. The van der Waals surface area contributed by atoms with E-state index >= 15 is 0 Å². The lowest BCUT2D eigenvalue weighted by molar-refractivity contribution is 0.854. The fourth-order valence-corrected chi connectivity index (χ4v) is 2.77. The zero-order valence-corrected chi connectivity index (χ0v) is 8.18. The first-order valence-corrected chi connectivity index (χ1v) is 5.47. The minimum Gasteiger partial charge on any atom is -0.137 e. The van der Waals surface area contributed by atoms with Crippen LogP contribution in [-0.4, -0.2) is 6.26 Å². The third-order valence-corrected chi connectivity index (χ3v) is 3.58. The van der Waals surface area contributed by atoms with Gasteiger partial charge in [-0.3, -0.25) is 0 Å². The number of rotatable bonds is 2. The summed E-state index contributed by atoms with van der Waals surface area (Å²) in [7, 11) is 0. The fraction of sp³-hybridized carbons (Fsp3) is 0.500. The van der Waals surface area contributed by atoms with Crippen LogP contribution in [-0.2, 0) is 0 Å². The second-order valence-corrected chi connectivity index (χ2v) is 4.51. The van der Waals surface area contributed by atoms with Crippen molar-refractivity contribution in [1.29, 1.82) is 0 Å². The number of hydrogen-bond acceptors (Lipinski definition) is 2. The van der Waals surface area contributed by atoms with Crippen LogP contribution in [0, 0.1) is 0 Å². The molecule has 1 aromatic heterocycles. The second kappa shape index (κ2) is 3.44. The highest BCUT2D eigenvalue weighted by Gasteiger charge is 2.05. The molecule has 0 saturated heterocycles. The average molecular weight is 172 g/mol. The molecule has 0 bridgehead atoms. The first-order valence-electron chi connectivity index (χ1n) is 3.37. The van der Waals surface area contributed by atoms with Gasteiger partial charge in [-0.1, -0.05) is 13.8 Å². The topological polar surface area (TPSA) is 0 Å². The van der Waals surface area contributed by atoms with Gasteiger partial charge in [0.25, 0.3) is 0 Å². The first kappa shape index (κ1) is 8.15. The van der Waals surface area contributed by atoms with Gasteiger partial charge >= 0.3 is 0 Å². The molecule has 0 fully saturated rings. The lowest BCUT2D eigenvalue weighted by Gasteiger charge is -2.02. The van der Waals surface area contributed by atoms with Gasteiger partial charge in [0.05, 0.1) is 4.21 Å². The van der Waals surface area contributed by atoms with E-state index in [-0.39, 0.29) is 0 Å². The Morgan fingerprint density at radius 2 is 2.20 bits per heavy atom. The summed E-state index contributed by atoms with van der Waals surface area (Å²) in [5.74, 6) is 0.675. The summed E-state index contributed by atoms with van der Waals surface area (Å²) in [5, 5.41) is 2.17. The van der Waals surface area contributed by atoms with E-state index in [4.69, 9.17) is 0 Å². The Hall–Kier alpha value is 0.0500. The molecule has 0 amide bonds. The SMILES string of the molecule is CSc1sccc1C(C)C. The van der Waals surface area contributed by atoms with Crippen molar-refractivity contribution in [3.63, 3.8) is 0 Å². The Morgan fingerprint density at radius 3 is 2.60 bits per heavy atom. The van der Waals surface area contributed by atoms with Crippen LogP contribution in [0.3, 0.4) is 0 Å². The quantitative estimate of drug-likeness (QED) is 0.614. The summed E-state index contributed by atoms with van der Waals surface area (Å²) in [6, 6.07) is 2.22. The van der Waals surface area contributed by atoms with E-state index in [9.17, 15) is 0 Å². The van der Waals surface area contributed by atoms with E-state index in [0.717, 1.165) is 0 Å². The van der Waals surface area contributed by atoms with Crippen LogP contribution >= 0.6 is 23.1 Å². The summed E-state index contributed by atoms with van der Waals surface area (Å²) >= 11 is 3.69. The van der Waals surface area contributed by atoms with Crippen molar-refractivity contribution in [2.24, 2.45) is 0 Å². The highest BCUT2D eigenvalue weighted by Crippen LogP contribution is 2.31. The number of hydrogen-bond donors (Lipinski definition) is 0. The summed E-state index contributed by atoms with van der Waals surface area (Å²) in [4.78, 5) is 0. The van der Waals surface area contributed by atoms with Crippen LogP contribution in [0.1, 0.15) is 25.3 Å². The van der Waals surface area contributed by atoms with Gasteiger partial charge in [0.1, 0.15) is 0 Å². The molecule has 0 aliphatic carbocycles. The van der Waals surface area contributed by atoms with Crippen molar-refractivity contribution in [2.75, 3.05) is 6.26 Å². The molecule has 0 aromatic carbocycles. The second-order valence-electron chi connectivity index (χ2n) is 2.52. The molecule has 0 aliphatic rings. The van der Waals surface area contributed by atoms with Crippen LogP contribution in [0.15, 0.2) is 15.7 Å². The minimum absolute atomic E-state index is 0.675. The third kappa shape index (κ3) is 1.55. The zero-order valence-electron chi connectivity index (χ0n) is 6.55. The van der Waals surface area contributed by atoms with Gasteiger partial charge in [0, 0.05) is 0 Å². The van der Waals surface area contributed by atoms with Crippen molar-refractivity contribution in [2.45, 2.75) is 24.0 Å². The monoisotopic (exact) mass is 172 g/mol. The molecule has 0 radical (unpaired) electrons. The van der Waals surface area contributed by atoms with Gasteiger partial charge < -0.3 is 0 Å². The zero-order chi connectivity index (χ0) is 7.56. The summed E-state index contributed by atoms with van der Waals surface area (Å²) in [6.45, 7) is 4.48. The molecule has 0 aliphatic heterocycles. The van der Waals surface area contributed by atoms with Crippen LogP contribution in [0.5, 0.6) is 0 Å². The normalized spacial score (nSPS) is 10.8. The van der Waals surface area contributed by atoms with E-state index < -0.39 is 0 Å². The molecule has 0 unspecified atom stereocenters. The minimum atomic E-state index is 0.675. The maximum absolute atomic E-state index is 2.24. The fourth-order valence-electron chi connectivity index (χ4n) is 0.899. The highest BCUT2D eigenvalue weighted by atomic mass is 32.2. The van der Waals surface area contributed by atoms with E-state index in [1.165, 1.54) is 9.77 Å². The summed E-state index contributed by atoms with van der Waals surface area (Å²) < 4.78 is 1.47. The maximum Gasteiger partial charge on any atom is 0.0630 e. The molecule has 1 heterocycles. The van der Waals surface area contributed by atoms with Gasteiger partial charge in [-0.25, -0.2) is 0 Å². The molecule has 0 nitrogen and oxygen atoms in total. The molecular weight excluding hydrogens is 160 g/mol. The Balaban J connectivity index is 2.90. The van der Waals surface area contributed by atoms with Gasteiger partial charge in [-0.2, -0.15) is 0 Å². The van der Waals surface area contributed by atoms with E-state index in [0.29, 0.717) is 5.92 Å². The van der Waals surface area contributed by atoms with Crippen molar-refractivity contribution >= 4 is 23.1 Å². The predicted molar refractivity (Wildman–Crippen MR) is 50.2 cm³/mol. The molecule has 0 saturated carbocycles. The lowest BCUT2D eigenvalue weighted by Crippen LogP contribution is -1.83. The largest absolute Gasteiger partial charge is 0.137 e. The third-order valence-electron chi connectivity index (χ3n) is 1.47. The Kier molecular flexibility index (Phi) is 2.81. The molecule has 2 heteroatoms. The highest BCUT2D eigenvalue weighted by molar-refractivity contribution is 8.00. The molecule has 0 spiro atoms. The van der Waals surface area contributed by atoms with E-state index in [1.54, 1.807) is 0 Å². The van der Waals surface area contributed by atoms with Crippen molar-refractivity contribution in [3.8, 4) is 0 Å². The predicted octanol–water partition coefficient (Wildman–Crippen LogP) is 3.59. The lowest BCUT2D eigenvalue weighted by atomic mass is 10.1. The summed E-state index contributed by atoms with van der Waals surface area (Å²) in [5.41, 5.74) is 1.50. The molecule has 0 N–H and O–H groups in total. The first-order chi connectivity index (χ1) is 4.75. The number of thioether (sulfide) groups is 1. The standard InChI is InChI=1S/C8H12S2/c1-6(2)7-4-5-10-8(7)9-3/h4-6H,1-3H3. The molecule has 1 aromatic rings. The van der Waals surface area contributed by atoms with Crippen LogP contribution in [0.2, 0.25) is 0 Å². The van der Waals surface area contributed by atoms with E-state index in [2.05, 4.69) is 31.5 Å². The van der Waals surface area contributed by atoms with E-state index in [1.807, 2.05) is 23.1 Å². The Bertz CT molecular complexity index is 201. The van der Waals surface area contributed by atoms with Crippen LogP contribution in [0.4, 0.5) is 0 Å². The van der Waals surface area contributed by atoms with Crippen LogP contribution < -0.4 is 0 Å². The van der Waals surface area contributed by atoms with Crippen molar-refractivity contribution in [1.82, 2.24) is 0 Å². The number of thiophene rings is 1. The van der Waals surface area contributed by atoms with Gasteiger partial charge in [-0.05, 0) is 29.2 Å².